The number of halogens is 1. The van der Waals surface area contributed by atoms with E-state index in [1.165, 1.54) is 19.3 Å². The van der Waals surface area contributed by atoms with Crippen LogP contribution in [0.4, 0.5) is 5.69 Å². The highest BCUT2D eigenvalue weighted by atomic mass is 35.5. The molecule has 1 saturated heterocycles. The first kappa shape index (κ1) is 22.4. The van der Waals surface area contributed by atoms with Crippen LogP contribution in [0.25, 0.3) is 6.08 Å². The van der Waals surface area contributed by atoms with Crippen LogP contribution in [0.5, 0.6) is 5.75 Å². The lowest BCUT2D eigenvalue weighted by atomic mass is 10.0. The van der Waals surface area contributed by atoms with E-state index in [4.69, 9.17) is 16.3 Å². The molecule has 0 bridgehead atoms. The van der Waals surface area contributed by atoms with Crippen molar-refractivity contribution < 1.29 is 14.3 Å². The van der Waals surface area contributed by atoms with E-state index in [0.717, 1.165) is 25.1 Å². The van der Waals surface area contributed by atoms with Crippen LogP contribution in [0.2, 0.25) is 5.02 Å². The largest absolute Gasteiger partial charge is 0.449 e. The third-order valence-corrected chi connectivity index (χ3v) is 6.20. The Kier molecular flexibility index (Phi) is 7.12. The number of ether oxygens (including phenoxy) is 1. The summed E-state index contributed by atoms with van der Waals surface area (Å²) >= 11 is 5.91. The number of nitrogens with zero attached hydrogens (tertiary/aromatic N) is 1. The van der Waals surface area contributed by atoms with Crippen LogP contribution in [0.3, 0.4) is 0 Å². The monoisotopic (exact) mass is 453 g/mol. The Labute approximate surface area is 193 Å². The number of benzene rings is 2. The van der Waals surface area contributed by atoms with Crippen LogP contribution in [0.15, 0.2) is 48.2 Å². The van der Waals surface area contributed by atoms with Crippen molar-refractivity contribution in [3.05, 3.63) is 64.4 Å². The fraction of sp³-hybridized carbons (Fsp3) is 0.360. The Hall–Kier alpha value is -2.83. The molecule has 0 radical (unpaired) electrons. The minimum atomic E-state index is -0.361. The Balaban J connectivity index is 1.33. The summed E-state index contributed by atoms with van der Waals surface area (Å²) in [5.74, 6) is 0.168. The molecule has 168 valence electrons. The fourth-order valence-electron chi connectivity index (χ4n) is 4.09. The second-order valence-corrected chi connectivity index (χ2v) is 8.75. The Bertz CT molecular complexity index is 1020. The van der Waals surface area contributed by atoms with Gasteiger partial charge < -0.3 is 20.3 Å². The van der Waals surface area contributed by atoms with Gasteiger partial charge in [0, 0.05) is 29.7 Å². The SMILES string of the molecule is CC1CCCCN1CCCNC(=O)c1ccc2c(c1)NC(=O)/C(=C\c1ccc(Cl)cc1)O2. The summed E-state index contributed by atoms with van der Waals surface area (Å²) < 4.78 is 5.77. The van der Waals surface area contributed by atoms with E-state index in [1.807, 2.05) is 0 Å². The lowest BCUT2D eigenvalue weighted by Crippen LogP contribution is -2.39. The molecule has 0 aliphatic carbocycles. The van der Waals surface area contributed by atoms with Gasteiger partial charge in [0.1, 0.15) is 0 Å². The Morgan fingerprint density at radius 3 is 2.84 bits per heavy atom. The molecule has 0 aromatic heterocycles. The van der Waals surface area contributed by atoms with Crippen molar-refractivity contribution in [2.75, 3.05) is 25.0 Å². The highest BCUT2D eigenvalue weighted by molar-refractivity contribution is 6.30. The molecule has 2 aliphatic heterocycles. The molecular weight excluding hydrogens is 426 g/mol. The van der Waals surface area contributed by atoms with E-state index in [1.54, 1.807) is 48.5 Å². The van der Waals surface area contributed by atoms with Crippen molar-refractivity contribution in [3.8, 4) is 5.75 Å². The third kappa shape index (κ3) is 5.50. The van der Waals surface area contributed by atoms with Gasteiger partial charge >= 0.3 is 0 Å². The number of anilines is 1. The molecule has 2 heterocycles. The number of hydrogen-bond acceptors (Lipinski definition) is 4. The first-order valence-corrected chi connectivity index (χ1v) is 11.5. The second-order valence-electron chi connectivity index (χ2n) is 8.32. The summed E-state index contributed by atoms with van der Waals surface area (Å²) in [4.78, 5) is 27.5. The van der Waals surface area contributed by atoms with Gasteiger partial charge in [-0.25, -0.2) is 0 Å². The number of amides is 2. The zero-order chi connectivity index (χ0) is 22.5. The van der Waals surface area contributed by atoms with Crippen molar-refractivity contribution in [1.82, 2.24) is 10.2 Å². The van der Waals surface area contributed by atoms with Gasteiger partial charge in [-0.3, -0.25) is 9.59 Å². The Morgan fingerprint density at radius 2 is 2.06 bits per heavy atom. The van der Waals surface area contributed by atoms with Crippen molar-refractivity contribution in [3.63, 3.8) is 0 Å². The molecule has 1 fully saturated rings. The van der Waals surface area contributed by atoms with Crippen LogP contribution in [0.1, 0.15) is 48.5 Å². The fourth-order valence-corrected chi connectivity index (χ4v) is 4.21. The molecule has 1 unspecified atom stereocenters. The van der Waals surface area contributed by atoms with Crippen LogP contribution in [-0.4, -0.2) is 42.4 Å². The quantitative estimate of drug-likeness (QED) is 0.491. The molecule has 7 heteroatoms. The van der Waals surface area contributed by atoms with Crippen LogP contribution >= 0.6 is 11.6 Å². The molecule has 0 saturated carbocycles. The molecule has 4 rings (SSSR count). The zero-order valence-corrected chi connectivity index (χ0v) is 19.0. The van der Waals surface area contributed by atoms with Crippen LogP contribution in [0, 0.1) is 0 Å². The topological polar surface area (TPSA) is 70.7 Å². The van der Waals surface area contributed by atoms with Gasteiger partial charge in [-0.15, -0.1) is 0 Å². The van der Waals surface area contributed by atoms with Crippen LogP contribution in [-0.2, 0) is 4.79 Å². The summed E-state index contributed by atoms with van der Waals surface area (Å²) in [6.07, 6.45) is 6.39. The molecule has 2 aromatic carbocycles. The third-order valence-electron chi connectivity index (χ3n) is 5.95. The molecule has 2 N–H and O–H groups in total. The van der Waals surface area contributed by atoms with Crippen molar-refractivity contribution in [1.29, 1.82) is 0 Å². The second kappa shape index (κ2) is 10.2. The zero-order valence-electron chi connectivity index (χ0n) is 18.2. The highest BCUT2D eigenvalue weighted by Crippen LogP contribution is 2.32. The lowest BCUT2D eigenvalue weighted by Gasteiger charge is -2.33. The van der Waals surface area contributed by atoms with Gasteiger partial charge in [0.05, 0.1) is 5.69 Å². The number of carbonyl (C=O) groups excluding carboxylic acids is 2. The summed E-state index contributed by atoms with van der Waals surface area (Å²) in [6, 6.07) is 12.8. The number of carbonyl (C=O) groups is 2. The van der Waals surface area contributed by atoms with E-state index < -0.39 is 0 Å². The minimum Gasteiger partial charge on any atom is -0.449 e. The number of fused-ring (bicyclic) bond motifs is 1. The maximum absolute atomic E-state index is 12.6. The van der Waals surface area contributed by atoms with Gasteiger partial charge in [0.2, 0.25) is 0 Å². The summed E-state index contributed by atoms with van der Waals surface area (Å²) in [7, 11) is 0. The summed E-state index contributed by atoms with van der Waals surface area (Å²) in [6.45, 7) is 5.04. The molecule has 32 heavy (non-hydrogen) atoms. The number of piperidine rings is 1. The average Bonchev–Trinajstić information content (AvgIpc) is 2.79. The Morgan fingerprint density at radius 1 is 1.25 bits per heavy atom. The van der Waals surface area contributed by atoms with Crippen molar-refractivity contribution >= 4 is 35.2 Å². The summed E-state index contributed by atoms with van der Waals surface area (Å²) in [5.41, 5.74) is 1.78. The summed E-state index contributed by atoms with van der Waals surface area (Å²) in [5, 5.41) is 6.41. The molecule has 2 aromatic rings. The molecule has 2 amide bonds. The first-order chi connectivity index (χ1) is 15.5. The number of nitrogens with one attached hydrogen (secondary N) is 2. The molecular formula is C25H28ClN3O3. The number of hydrogen-bond donors (Lipinski definition) is 2. The average molecular weight is 454 g/mol. The van der Waals surface area contributed by atoms with Crippen LogP contribution < -0.4 is 15.4 Å². The standard InChI is InChI=1S/C25H28ClN3O3/c1-17-5-2-3-13-29(17)14-4-12-27-24(30)19-8-11-22-21(16-19)28-25(31)23(32-22)15-18-6-9-20(26)10-7-18/h6-11,15-17H,2-5,12-14H2,1H3,(H,27,30)(H,28,31)/b23-15+. The van der Waals surface area contributed by atoms with E-state index in [9.17, 15) is 9.59 Å². The normalized spacial score (nSPS) is 19.8. The van der Waals surface area contributed by atoms with E-state index >= 15 is 0 Å². The van der Waals surface area contributed by atoms with Crippen molar-refractivity contribution in [2.45, 2.75) is 38.6 Å². The predicted octanol–water partition coefficient (Wildman–Crippen LogP) is 4.71. The highest BCUT2D eigenvalue weighted by Gasteiger charge is 2.23. The van der Waals surface area contributed by atoms with Gasteiger partial charge in [0.25, 0.3) is 11.8 Å². The van der Waals surface area contributed by atoms with Gasteiger partial charge in [0.15, 0.2) is 11.5 Å². The molecule has 1 atom stereocenters. The number of likely N-dealkylation sites (tertiary alicyclic amines) is 1. The molecule has 6 nitrogen and oxygen atoms in total. The van der Waals surface area contributed by atoms with E-state index in [2.05, 4.69) is 22.5 Å². The van der Waals surface area contributed by atoms with Gasteiger partial charge in [-0.2, -0.15) is 0 Å². The first-order valence-electron chi connectivity index (χ1n) is 11.1. The number of rotatable bonds is 6. The van der Waals surface area contributed by atoms with Gasteiger partial charge in [-0.05, 0) is 74.7 Å². The van der Waals surface area contributed by atoms with E-state index in [0.29, 0.717) is 34.6 Å². The smallest absolute Gasteiger partial charge is 0.291 e. The van der Waals surface area contributed by atoms with Crippen molar-refractivity contribution in [2.24, 2.45) is 0 Å². The minimum absolute atomic E-state index is 0.156. The molecule has 0 spiro atoms. The maximum Gasteiger partial charge on any atom is 0.291 e. The molecule has 2 aliphatic rings. The lowest BCUT2D eigenvalue weighted by molar-refractivity contribution is -0.115. The predicted molar refractivity (Wildman–Crippen MR) is 127 cm³/mol. The maximum atomic E-state index is 12.6. The van der Waals surface area contributed by atoms with E-state index in [-0.39, 0.29) is 17.6 Å². The van der Waals surface area contributed by atoms with Gasteiger partial charge in [-0.1, -0.05) is 30.2 Å².